The summed E-state index contributed by atoms with van der Waals surface area (Å²) in [6.07, 6.45) is 4.82. The molecule has 4 nitrogen and oxygen atoms in total. The van der Waals surface area contributed by atoms with Crippen LogP contribution in [0.3, 0.4) is 0 Å². The smallest absolute Gasteiger partial charge is 0.264 e. The summed E-state index contributed by atoms with van der Waals surface area (Å²) in [7, 11) is -3.90. The number of hydrogen-bond acceptors (Lipinski definition) is 3. The van der Waals surface area contributed by atoms with Crippen LogP contribution in [-0.2, 0) is 21.2 Å². The highest BCUT2D eigenvalue weighted by Gasteiger charge is 2.21. The van der Waals surface area contributed by atoms with E-state index >= 15 is 0 Å². The van der Waals surface area contributed by atoms with E-state index in [4.69, 9.17) is 0 Å². The molecular weight excluding hydrogens is 466 g/mol. The molecule has 0 fully saturated rings. The van der Waals surface area contributed by atoms with Crippen molar-refractivity contribution in [3.63, 3.8) is 0 Å². The zero-order chi connectivity index (χ0) is 25.0. The second kappa shape index (κ2) is 10.2. The fourth-order valence-electron chi connectivity index (χ4n) is 4.55. The van der Waals surface area contributed by atoms with Crippen LogP contribution >= 0.6 is 0 Å². The Morgan fingerprint density at radius 2 is 1.33 bits per heavy atom. The minimum Gasteiger partial charge on any atom is -0.269 e. The monoisotopic (exact) mass is 491 g/mol. The molecule has 4 aromatic rings. The first-order valence-electron chi connectivity index (χ1n) is 11.8. The summed E-state index contributed by atoms with van der Waals surface area (Å²) in [5, 5.41) is 0. The highest BCUT2D eigenvalue weighted by atomic mass is 32.2. The lowest BCUT2D eigenvalue weighted by atomic mass is 9.79. The van der Waals surface area contributed by atoms with Gasteiger partial charge in [0, 0.05) is 6.08 Å². The third kappa shape index (κ3) is 5.07. The molecule has 0 unspecified atom stereocenters. The summed E-state index contributed by atoms with van der Waals surface area (Å²) in [6.45, 7) is 0. The lowest BCUT2D eigenvalue weighted by Gasteiger charge is -2.24. The number of allylic oxidation sites excluding steroid dienone is 1. The molecule has 36 heavy (non-hydrogen) atoms. The third-order valence-corrected chi connectivity index (χ3v) is 7.63. The minimum absolute atomic E-state index is 0.0476. The van der Waals surface area contributed by atoms with Crippen molar-refractivity contribution in [1.82, 2.24) is 4.72 Å². The Hall–Kier alpha value is -4.22. The first-order chi connectivity index (χ1) is 17.5. The zero-order valence-corrected chi connectivity index (χ0v) is 20.4. The largest absolute Gasteiger partial charge is 0.269 e. The fourth-order valence-corrected chi connectivity index (χ4v) is 5.51. The molecule has 0 saturated heterocycles. The molecule has 0 bridgehead atoms. The van der Waals surface area contributed by atoms with Gasteiger partial charge in [0.2, 0.25) is 0 Å². The van der Waals surface area contributed by atoms with E-state index in [0.717, 1.165) is 24.0 Å². The first-order valence-corrected chi connectivity index (χ1v) is 13.3. The second-order valence-corrected chi connectivity index (χ2v) is 10.3. The average molecular weight is 492 g/mol. The summed E-state index contributed by atoms with van der Waals surface area (Å²) in [4.78, 5) is 12.3. The van der Waals surface area contributed by atoms with Crippen LogP contribution in [0.5, 0.6) is 0 Å². The molecule has 0 atom stereocenters. The Morgan fingerprint density at radius 3 is 2.06 bits per heavy atom. The van der Waals surface area contributed by atoms with Gasteiger partial charge in [-0.1, -0.05) is 97.1 Å². The van der Waals surface area contributed by atoms with Crippen molar-refractivity contribution in [1.29, 1.82) is 0 Å². The van der Waals surface area contributed by atoms with Crippen LogP contribution in [0, 0.1) is 0 Å². The molecule has 1 N–H and O–H groups in total. The number of rotatable bonds is 6. The normalized spacial score (nSPS) is 13.4. The van der Waals surface area contributed by atoms with Gasteiger partial charge >= 0.3 is 0 Å². The van der Waals surface area contributed by atoms with Crippen LogP contribution in [0.15, 0.2) is 120 Å². The number of hydrogen-bond donors (Lipinski definition) is 1. The van der Waals surface area contributed by atoms with Crippen LogP contribution in [0.4, 0.5) is 0 Å². The van der Waals surface area contributed by atoms with Gasteiger partial charge < -0.3 is 0 Å². The van der Waals surface area contributed by atoms with Crippen molar-refractivity contribution in [2.24, 2.45) is 0 Å². The highest BCUT2D eigenvalue weighted by molar-refractivity contribution is 7.90. The molecule has 0 aliphatic heterocycles. The number of nitrogens with one attached hydrogen (secondary N) is 1. The Labute approximate surface area is 211 Å². The van der Waals surface area contributed by atoms with Gasteiger partial charge in [-0.25, -0.2) is 13.1 Å². The number of fused-ring (bicyclic) bond motifs is 1. The standard InChI is InChI=1S/C31H25NO3S/c33-30(32-36(34,35)27-12-5-2-6-13-27)22-17-23-15-18-26(19-16-23)31-28-14-8-7-11-25(28)20-21-29(31)24-9-3-1-4-10-24/h1-19,22H,20-21H2,(H,32,33). The van der Waals surface area contributed by atoms with Crippen LogP contribution in [0.1, 0.15) is 34.2 Å². The van der Waals surface area contributed by atoms with Gasteiger partial charge in [-0.15, -0.1) is 0 Å². The van der Waals surface area contributed by atoms with Crippen molar-refractivity contribution in [2.45, 2.75) is 17.7 Å². The van der Waals surface area contributed by atoms with Gasteiger partial charge in [0.1, 0.15) is 0 Å². The molecule has 1 aliphatic carbocycles. The number of carbonyl (C=O) groups is 1. The number of carbonyl (C=O) groups excluding carboxylic acids is 1. The summed E-state index contributed by atoms with van der Waals surface area (Å²) >= 11 is 0. The molecule has 0 saturated carbocycles. The first kappa shape index (κ1) is 23.5. The molecule has 0 radical (unpaired) electrons. The number of sulfonamides is 1. The van der Waals surface area contributed by atoms with Crippen molar-refractivity contribution >= 4 is 33.2 Å². The Balaban J connectivity index is 1.41. The molecule has 4 aromatic carbocycles. The van der Waals surface area contributed by atoms with Crippen molar-refractivity contribution < 1.29 is 13.2 Å². The van der Waals surface area contributed by atoms with Crippen LogP contribution in [0.2, 0.25) is 0 Å². The topological polar surface area (TPSA) is 63.2 Å². The molecular formula is C31H25NO3S. The zero-order valence-electron chi connectivity index (χ0n) is 19.6. The molecule has 0 spiro atoms. The van der Waals surface area contributed by atoms with E-state index in [-0.39, 0.29) is 4.90 Å². The van der Waals surface area contributed by atoms with Crippen molar-refractivity contribution in [3.05, 3.63) is 143 Å². The average Bonchev–Trinajstić information content (AvgIpc) is 2.92. The molecule has 1 aliphatic rings. The lowest BCUT2D eigenvalue weighted by Crippen LogP contribution is -2.28. The predicted molar refractivity (Wildman–Crippen MR) is 144 cm³/mol. The van der Waals surface area contributed by atoms with Gasteiger partial charge in [0.25, 0.3) is 15.9 Å². The SMILES string of the molecule is O=C(C=Cc1ccc(C2=C(c3ccccc3)CCc3ccccc32)cc1)NS(=O)(=O)c1ccccc1. The Kier molecular flexibility index (Phi) is 6.65. The Bertz CT molecular complexity index is 1550. The van der Waals surface area contributed by atoms with E-state index in [1.165, 1.54) is 46.0 Å². The molecule has 0 aromatic heterocycles. The minimum atomic E-state index is -3.90. The van der Waals surface area contributed by atoms with E-state index in [1.54, 1.807) is 24.3 Å². The molecule has 178 valence electrons. The van der Waals surface area contributed by atoms with Gasteiger partial charge in [0.15, 0.2) is 0 Å². The lowest BCUT2D eigenvalue weighted by molar-refractivity contribution is -0.114. The summed E-state index contributed by atoms with van der Waals surface area (Å²) in [6, 6.07) is 34.8. The van der Waals surface area contributed by atoms with Crippen LogP contribution < -0.4 is 4.72 Å². The number of aryl methyl sites for hydroxylation is 1. The Morgan fingerprint density at radius 1 is 0.694 bits per heavy atom. The van der Waals surface area contributed by atoms with Crippen molar-refractivity contribution in [3.8, 4) is 0 Å². The fraction of sp³-hybridized carbons (Fsp3) is 0.0645. The maximum atomic E-state index is 12.4. The molecule has 5 heteroatoms. The molecule has 0 heterocycles. The highest BCUT2D eigenvalue weighted by Crippen LogP contribution is 2.40. The summed E-state index contributed by atoms with van der Waals surface area (Å²) in [5.74, 6) is -0.696. The van der Waals surface area contributed by atoms with Crippen LogP contribution in [0.25, 0.3) is 17.2 Å². The van der Waals surface area contributed by atoms with E-state index in [0.29, 0.717) is 0 Å². The maximum absolute atomic E-state index is 12.4. The predicted octanol–water partition coefficient (Wildman–Crippen LogP) is 6.11. The van der Waals surface area contributed by atoms with Gasteiger partial charge in [0.05, 0.1) is 4.90 Å². The van der Waals surface area contributed by atoms with E-state index in [9.17, 15) is 13.2 Å². The molecule has 1 amide bonds. The van der Waals surface area contributed by atoms with E-state index in [2.05, 4.69) is 65.4 Å². The third-order valence-electron chi connectivity index (χ3n) is 6.27. The van der Waals surface area contributed by atoms with Crippen LogP contribution in [-0.4, -0.2) is 14.3 Å². The molecule has 5 rings (SSSR count). The van der Waals surface area contributed by atoms with Gasteiger partial charge in [-0.05, 0) is 70.0 Å². The number of amides is 1. The van der Waals surface area contributed by atoms with E-state index < -0.39 is 15.9 Å². The van der Waals surface area contributed by atoms with Gasteiger partial charge in [-0.2, -0.15) is 0 Å². The van der Waals surface area contributed by atoms with Crippen molar-refractivity contribution in [2.75, 3.05) is 0 Å². The maximum Gasteiger partial charge on any atom is 0.264 e. The second-order valence-electron chi connectivity index (χ2n) is 8.61. The quantitative estimate of drug-likeness (QED) is 0.331. The van der Waals surface area contributed by atoms with Gasteiger partial charge in [-0.3, -0.25) is 4.79 Å². The summed E-state index contributed by atoms with van der Waals surface area (Å²) < 4.78 is 26.8. The number of benzene rings is 4. The van der Waals surface area contributed by atoms with E-state index in [1.807, 2.05) is 18.2 Å². The summed E-state index contributed by atoms with van der Waals surface area (Å²) in [5.41, 5.74) is 8.27.